The molecule has 1 aromatic heterocycles. The summed E-state index contributed by atoms with van der Waals surface area (Å²) in [7, 11) is 5.49. The van der Waals surface area contributed by atoms with Crippen LogP contribution in [0.3, 0.4) is 0 Å². The Morgan fingerprint density at radius 3 is 2.73 bits per heavy atom. The van der Waals surface area contributed by atoms with Crippen LogP contribution in [0.2, 0.25) is 0 Å². The molecule has 10 heteroatoms. The van der Waals surface area contributed by atoms with E-state index in [-0.39, 0.29) is 30.0 Å². The van der Waals surface area contributed by atoms with Crippen LogP contribution >= 0.6 is 24.0 Å². The maximum Gasteiger partial charge on any atom is 0.401 e. The van der Waals surface area contributed by atoms with Gasteiger partial charge in [-0.25, -0.2) is 4.98 Å². The van der Waals surface area contributed by atoms with Crippen molar-refractivity contribution in [2.45, 2.75) is 25.2 Å². The van der Waals surface area contributed by atoms with Gasteiger partial charge in [0.05, 0.1) is 18.8 Å². The van der Waals surface area contributed by atoms with Gasteiger partial charge in [-0.15, -0.1) is 24.0 Å². The Morgan fingerprint density at radius 2 is 2.12 bits per heavy atom. The molecule has 6 nitrogen and oxygen atoms in total. The number of hydrogen-bond acceptors (Lipinski definition) is 4. The monoisotopic (exact) mass is 486 g/mol. The molecule has 1 aliphatic rings. The molecule has 1 fully saturated rings. The minimum Gasteiger partial charge on any atom is -0.363 e. The second kappa shape index (κ2) is 10.1. The molecule has 0 saturated carbocycles. The van der Waals surface area contributed by atoms with Crippen molar-refractivity contribution < 1.29 is 13.2 Å². The van der Waals surface area contributed by atoms with Gasteiger partial charge in [0.1, 0.15) is 5.82 Å². The summed E-state index contributed by atoms with van der Waals surface area (Å²) in [6, 6.07) is 5.72. The van der Waals surface area contributed by atoms with Gasteiger partial charge in [0.2, 0.25) is 0 Å². The first-order valence-electron chi connectivity index (χ1n) is 8.16. The lowest BCUT2D eigenvalue weighted by Gasteiger charge is -2.20. The van der Waals surface area contributed by atoms with Crippen molar-refractivity contribution in [3.63, 3.8) is 0 Å². The molecule has 0 aromatic carbocycles. The fourth-order valence-electron chi connectivity index (χ4n) is 2.72. The van der Waals surface area contributed by atoms with Crippen molar-refractivity contribution in [3.8, 4) is 0 Å². The molecular formula is C16H26F3IN6. The number of aromatic nitrogens is 1. The molecule has 1 atom stereocenters. The first-order chi connectivity index (χ1) is 11.8. The molecule has 148 valence electrons. The van der Waals surface area contributed by atoms with Gasteiger partial charge in [0.15, 0.2) is 5.96 Å². The number of rotatable bonds is 5. The number of aliphatic imine (C=N–C) groups is 1. The summed E-state index contributed by atoms with van der Waals surface area (Å²) in [6.07, 6.45) is -3.50. The van der Waals surface area contributed by atoms with E-state index in [4.69, 9.17) is 0 Å². The number of likely N-dealkylation sites (tertiary alicyclic amines) is 1. The predicted molar refractivity (Wildman–Crippen MR) is 108 cm³/mol. The van der Waals surface area contributed by atoms with E-state index in [1.807, 2.05) is 37.2 Å². The number of pyridine rings is 1. The largest absolute Gasteiger partial charge is 0.401 e. The zero-order valence-corrected chi connectivity index (χ0v) is 17.5. The average molecular weight is 486 g/mol. The Kier molecular flexibility index (Phi) is 8.87. The standard InChI is InChI=1S/C16H25F3N6.HI/c1-20-15(21-9-12-5-4-6-14(22-12)24(2)3)23-13-7-8-25(10-13)11-16(17,18)19;/h4-6,13H,7-11H2,1-3H3,(H2,20,21,23);1H. The molecule has 26 heavy (non-hydrogen) atoms. The van der Waals surface area contributed by atoms with E-state index in [2.05, 4.69) is 20.6 Å². The molecule has 1 aliphatic heterocycles. The fraction of sp³-hybridized carbons (Fsp3) is 0.625. The van der Waals surface area contributed by atoms with Crippen LogP contribution in [-0.4, -0.2) is 68.8 Å². The van der Waals surface area contributed by atoms with Gasteiger partial charge >= 0.3 is 6.18 Å². The molecule has 2 rings (SSSR count). The maximum atomic E-state index is 12.5. The highest BCUT2D eigenvalue weighted by Gasteiger charge is 2.34. The molecular weight excluding hydrogens is 460 g/mol. The van der Waals surface area contributed by atoms with Crippen molar-refractivity contribution in [2.75, 3.05) is 45.7 Å². The van der Waals surface area contributed by atoms with Crippen LogP contribution in [0.4, 0.5) is 19.0 Å². The number of nitrogens with zero attached hydrogens (tertiary/aromatic N) is 4. The number of anilines is 1. The Balaban J connectivity index is 0.00000338. The van der Waals surface area contributed by atoms with Gasteiger partial charge in [-0.3, -0.25) is 9.89 Å². The SMILES string of the molecule is CN=C(NCc1cccc(N(C)C)n1)NC1CCN(CC(F)(F)F)C1.I. The molecule has 0 aliphatic carbocycles. The maximum absolute atomic E-state index is 12.5. The Morgan fingerprint density at radius 1 is 1.38 bits per heavy atom. The smallest absolute Gasteiger partial charge is 0.363 e. The second-order valence-electron chi connectivity index (χ2n) is 6.29. The third-order valence-corrected chi connectivity index (χ3v) is 3.93. The second-order valence-corrected chi connectivity index (χ2v) is 6.29. The Hall–Kier alpha value is -1.30. The van der Waals surface area contributed by atoms with E-state index in [1.54, 1.807) is 7.05 Å². The molecule has 0 radical (unpaired) electrons. The van der Waals surface area contributed by atoms with Crippen LogP contribution < -0.4 is 15.5 Å². The minimum atomic E-state index is -4.15. The predicted octanol–water partition coefficient (Wildman–Crippen LogP) is 2.07. The number of nitrogens with one attached hydrogen (secondary N) is 2. The van der Waals surface area contributed by atoms with Crippen LogP contribution in [0, 0.1) is 0 Å². The summed E-state index contributed by atoms with van der Waals surface area (Å²) in [5.41, 5.74) is 0.860. The van der Waals surface area contributed by atoms with Crippen molar-refractivity contribution in [3.05, 3.63) is 23.9 Å². The summed E-state index contributed by atoms with van der Waals surface area (Å²) >= 11 is 0. The highest BCUT2D eigenvalue weighted by Crippen LogP contribution is 2.19. The van der Waals surface area contributed by atoms with Crippen molar-refractivity contribution in [2.24, 2.45) is 4.99 Å². The van der Waals surface area contributed by atoms with E-state index in [0.29, 0.717) is 32.0 Å². The molecule has 0 spiro atoms. The van der Waals surface area contributed by atoms with E-state index in [0.717, 1.165) is 11.5 Å². The van der Waals surface area contributed by atoms with Gasteiger partial charge < -0.3 is 15.5 Å². The van der Waals surface area contributed by atoms with E-state index >= 15 is 0 Å². The quantitative estimate of drug-likeness (QED) is 0.380. The highest BCUT2D eigenvalue weighted by molar-refractivity contribution is 14.0. The van der Waals surface area contributed by atoms with Crippen molar-refractivity contribution in [1.29, 1.82) is 0 Å². The summed E-state index contributed by atoms with van der Waals surface area (Å²) in [4.78, 5) is 12.0. The van der Waals surface area contributed by atoms with Crippen molar-refractivity contribution in [1.82, 2.24) is 20.5 Å². The number of guanidine groups is 1. The molecule has 1 unspecified atom stereocenters. The number of alkyl halides is 3. The van der Waals surface area contributed by atoms with Crippen LogP contribution in [-0.2, 0) is 6.54 Å². The third-order valence-electron chi connectivity index (χ3n) is 3.93. The fourth-order valence-corrected chi connectivity index (χ4v) is 2.72. The molecule has 1 saturated heterocycles. The zero-order chi connectivity index (χ0) is 18.4. The molecule has 2 heterocycles. The summed E-state index contributed by atoms with van der Waals surface area (Å²) in [5.74, 6) is 1.43. The number of halogens is 4. The van der Waals surface area contributed by atoms with Gasteiger partial charge in [-0.05, 0) is 18.6 Å². The van der Waals surface area contributed by atoms with Gasteiger partial charge in [0.25, 0.3) is 0 Å². The topological polar surface area (TPSA) is 55.8 Å². The average Bonchev–Trinajstić information content (AvgIpc) is 2.96. The van der Waals surface area contributed by atoms with Gasteiger partial charge in [0, 0.05) is 40.3 Å². The molecule has 0 bridgehead atoms. The molecule has 2 N–H and O–H groups in total. The first kappa shape index (κ1) is 22.7. The number of hydrogen-bond donors (Lipinski definition) is 2. The molecule has 1 aromatic rings. The van der Waals surface area contributed by atoms with Crippen molar-refractivity contribution >= 4 is 35.8 Å². The minimum absolute atomic E-state index is 0. The lowest BCUT2D eigenvalue weighted by atomic mass is 10.3. The summed E-state index contributed by atoms with van der Waals surface area (Å²) < 4.78 is 37.4. The summed E-state index contributed by atoms with van der Waals surface area (Å²) in [5, 5.41) is 6.34. The van der Waals surface area contributed by atoms with E-state index in [1.165, 1.54) is 4.90 Å². The van der Waals surface area contributed by atoms with Gasteiger partial charge in [-0.2, -0.15) is 13.2 Å². The lowest BCUT2D eigenvalue weighted by molar-refractivity contribution is -0.143. The van der Waals surface area contributed by atoms with E-state index < -0.39 is 12.7 Å². The normalized spacial score (nSPS) is 18.4. The zero-order valence-electron chi connectivity index (χ0n) is 15.2. The first-order valence-corrected chi connectivity index (χ1v) is 8.16. The van der Waals surface area contributed by atoms with E-state index in [9.17, 15) is 13.2 Å². The van der Waals surface area contributed by atoms with Crippen LogP contribution in [0.1, 0.15) is 12.1 Å². The van der Waals surface area contributed by atoms with Crippen LogP contribution in [0.5, 0.6) is 0 Å². The third kappa shape index (κ3) is 7.52. The summed E-state index contributed by atoms with van der Waals surface area (Å²) in [6.45, 7) is 0.411. The lowest BCUT2D eigenvalue weighted by Crippen LogP contribution is -2.45. The molecule has 0 amide bonds. The Labute approximate surface area is 169 Å². The Bertz CT molecular complexity index is 594. The van der Waals surface area contributed by atoms with Crippen LogP contribution in [0.25, 0.3) is 0 Å². The van der Waals surface area contributed by atoms with Gasteiger partial charge in [-0.1, -0.05) is 6.07 Å². The highest BCUT2D eigenvalue weighted by atomic mass is 127. The van der Waals surface area contributed by atoms with Crippen LogP contribution in [0.15, 0.2) is 23.2 Å².